The van der Waals surface area contributed by atoms with E-state index in [0.717, 1.165) is 13.1 Å². The van der Waals surface area contributed by atoms with Gasteiger partial charge in [-0.1, -0.05) is 38.8 Å². The van der Waals surface area contributed by atoms with E-state index in [9.17, 15) is 0 Å². The minimum Gasteiger partial charge on any atom is -0.369 e. The lowest BCUT2D eigenvalue weighted by Crippen LogP contribution is -2.31. The van der Waals surface area contributed by atoms with E-state index in [0.29, 0.717) is 6.04 Å². The summed E-state index contributed by atoms with van der Waals surface area (Å²) in [6, 6.07) is 9.63. The van der Waals surface area contributed by atoms with Gasteiger partial charge in [-0.2, -0.15) is 0 Å². The van der Waals surface area contributed by atoms with Gasteiger partial charge < -0.3 is 10.2 Å². The average Bonchev–Trinajstić information content (AvgIpc) is 2.45. The Kier molecular flexibility index (Phi) is 8.36. The molecule has 1 N–H and O–H groups in total. The zero-order chi connectivity index (χ0) is 14.8. The molecule has 0 aliphatic carbocycles. The molecule has 0 aliphatic heterocycles. The number of nitrogens with one attached hydrogen (secondary N) is 1. The van der Waals surface area contributed by atoms with E-state index in [-0.39, 0.29) is 0 Å². The van der Waals surface area contributed by atoms with Crippen molar-refractivity contribution in [1.29, 1.82) is 0 Å². The molecule has 0 saturated carbocycles. The summed E-state index contributed by atoms with van der Waals surface area (Å²) in [5, 5.41) is 3.45. The Morgan fingerprint density at radius 3 is 2.25 bits per heavy atom. The van der Waals surface area contributed by atoms with E-state index >= 15 is 0 Å². The lowest BCUT2D eigenvalue weighted by Gasteiger charge is -2.29. The summed E-state index contributed by atoms with van der Waals surface area (Å²) in [5.41, 5.74) is 2.73. The van der Waals surface area contributed by atoms with Crippen LogP contribution in [0.1, 0.15) is 58.9 Å². The molecule has 0 heterocycles. The first-order chi connectivity index (χ1) is 9.69. The molecule has 2 heteroatoms. The van der Waals surface area contributed by atoms with Gasteiger partial charge in [-0.25, -0.2) is 0 Å². The van der Waals surface area contributed by atoms with Crippen molar-refractivity contribution in [3.8, 4) is 0 Å². The third kappa shape index (κ3) is 5.96. The highest BCUT2D eigenvalue weighted by Crippen LogP contribution is 2.19. The SMILES string of the molecule is CCCCCN(c1ccc(CNCCC)cc1)C(C)C. The highest BCUT2D eigenvalue weighted by Gasteiger charge is 2.09. The first-order valence-electron chi connectivity index (χ1n) is 8.25. The summed E-state index contributed by atoms with van der Waals surface area (Å²) in [6.07, 6.45) is 5.08. The number of nitrogens with zero attached hydrogens (tertiary/aromatic N) is 1. The minimum atomic E-state index is 0.566. The quantitative estimate of drug-likeness (QED) is 0.629. The molecule has 1 aromatic carbocycles. The molecular weight excluding hydrogens is 244 g/mol. The molecule has 0 fully saturated rings. The second-order valence-corrected chi connectivity index (χ2v) is 5.84. The molecule has 0 atom stereocenters. The van der Waals surface area contributed by atoms with E-state index < -0.39 is 0 Å². The third-order valence-electron chi connectivity index (χ3n) is 3.65. The largest absolute Gasteiger partial charge is 0.369 e. The zero-order valence-electron chi connectivity index (χ0n) is 13.8. The maximum atomic E-state index is 3.45. The van der Waals surface area contributed by atoms with Crippen molar-refractivity contribution in [3.05, 3.63) is 29.8 Å². The molecule has 0 saturated heterocycles. The van der Waals surface area contributed by atoms with Gasteiger partial charge in [0.05, 0.1) is 0 Å². The number of hydrogen-bond donors (Lipinski definition) is 1. The van der Waals surface area contributed by atoms with Gasteiger partial charge in [0.1, 0.15) is 0 Å². The van der Waals surface area contributed by atoms with E-state index in [4.69, 9.17) is 0 Å². The Balaban J connectivity index is 2.58. The molecular formula is C18H32N2. The van der Waals surface area contributed by atoms with Crippen molar-refractivity contribution in [2.75, 3.05) is 18.0 Å². The molecule has 0 unspecified atom stereocenters. The summed E-state index contributed by atoms with van der Waals surface area (Å²) < 4.78 is 0. The molecule has 0 bridgehead atoms. The topological polar surface area (TPSA) is 15.3 Å². The Morgan fingerprint density at radius 1 is 1.00 bits per heavy atom. The van der Waals surface area contributed by atoms with Gasteiger partial charge in [0.25, 0.3) is 0 Å². The van der Waals surface area contributed by atoms with Crippen LogP contribution in [-0.4, -0.2) is 19.1 Å². The summed E-state index contributed by atoms with van der Waals surface area (Å²) in [5.74, 6) is 0. The summed E-state index contributed by atoms with van der Waals surface area (Å²) in [4.78, 5) is 2.51. The maximum Gasteiger partial charge on any atom is 0.0368 e. The van der Waals surface area contributed by atoms with Crippen molar-refractivity contribution in [2.45, 2.75) is 66.0 Å². The lowest BCUT2D eigenvalue weighted by molar-refractivity contribution is 0.625. The first-order valence-corrected chi connectivity index (χ1v) is 8.25. The van der Waals surface area contributed by atoms with Crippen molar-refractivity contribution < 1.29 is 0 Å². The lowest BCUT2D eigenvalue weighted by atomic mass is 10.1. The van der Waals surface area contributed by atoms with Gasteiger partial charge >= 0.3 is 0 Å². The zero-order valence-corrected chi connectivity index (χ0v) is 13.8. The highest BCUT2D eigenvalue weighted by atomic mass is 15.1. The Labute approximate surface area is 125 Å². The molecule has 2 nitrogen and oxygen atoms in total. The van der Waals surface area contributed by atoms with Crippen LogP contribution in [0.4, 0.5) is 5.69 Å². The third-order valence-corrected chi connectivity index (χ3v) is 3.65. The fourth-order valence-electron chi connectivity index (χ4n) is 2.43. The summed E-state index contributed by atoms with van der Waals surface area (Å²) in [6.45, 7) is 12.3. The van der Waals surface area contributed by atoms with Gasteiger partial charge in [-0.15, -0.1) is 0 Å². The molecule has 0 spiro atoms. The molecule has 1 aromatic rings. The number of benzene rings is 1. The highest BCUT2D eigenvalue weighted by molar-refractivity contribution is 5.48. The van der Waals surface area contributed by atoms with Crippen LogP contribution in [0.5, 0.6) is 0 Å². The van der Waals surface area contributed by atoms with Crippen LogP contribution in [0, 0.1) is 0 Å². The van der Waals surface area contributed by atoms with Crippen LogP contribution < -0.4 is 10.2 Å². The van der Waals surface area contributed by atoms with Crippen LogP contribution in [0.3, 0.4) is 0 Å². The van der Waals surface area contributed by atoms with E-state index in [2.05, 4.69) is 62.2 Å². The van der Waals surface area contributed by atoms with Crippen LogP contribution >= 0.6 is 0 Å². The van der Waals surface area contributed by atoms with Crippen molar-refractivity contribution in [3.63, 3.8) is 0 Å². The van der Waals surface area contributed by atoms with Gasteiger partial charge in [0.15, 0.2) is 0 Å². The average molecular weight is 276 g/mol. The predicted octanol–water partition coefficient (Wildman–Crippen LogP) is 4.59. The Bertz CT molecular complexity index is 343. The van der Waals surface area contributed by atoms with E-state index in [1.165, 1.54) is 43.5 Å². The Hall–Kier alpha value is -1.02. The maximum absolute atomic E-state index is 3.45. The Morgan fingerprint density at radius 2 is 1.70 bits per heavy atom. The van der Waals surface area contributed by atoms with E-state index in [1.54, 1.807) is 0 Å². The smallest absolute Gasteiger partial charge is 0.0368 e. The number of rotatable bonds is 10. The van der Waals surface area contributed by atoms with Crippen molar-refractivity contribution in [2.24, 2.45) is 0 Å². The fraction of sp³-hybridized carbons (Fsp3) is 0.667. The molecule has 0 aromatic heterocycles. The number of unbranched alkanes of at least 4 members (excludes halogenated alkanes) is 2. The first kappa shape index (κ1) is 17.0. The van der Waals surface area contributed by atoms with Gasteiger partial charge in [0, 0.05) is 24.8 Å². The fourth-order valence-corrected chi connectivity index (χ4v) is 2.43. The molecule has 114 valence electrons. The summed E-state index contributed by atoms with van der Waals surface area (Å²) >= 11 is 0. The second-order valence-electron chi connectivity index (χ2n) is 5.84. The van der Waals surface area contributed by atoms with Crippen LogP contribution in [-0.2, 0) is 6.54 Å². The van der Waals surface area contributed by atoms with Crippen molar-refractivity contribution in [1.82, 2.24) is 5.32 Å². The number of hydrogen-bond acceptors (Lipinski definition) is 2. The van der Waals surface area contributed by atoms with Crippen LogP contribution in [0.2, 0.25) is 0 Å². The van der Waals surface area contributed by atoms with Crippen LogP contribution in [0.25, 0.3) is 0 Å². The standard InChI is InChI=1S/C18H32N2/c1-5-7-8-14-20(16(3)4)18-11-9-17(10-12-18)15-19-13-6-2/h9-12,16,19H,5-8,13-15H2,1-4H3. The normalized spacial score (nSPS) is 11.1. The minimum absolute atomic E-state index is 0.566. The van der Waals surface area contributed by atoms with Crippen LogP contribution in [0.15, 0.2) is 24.3 Å². The van der Waals surface area contributed by atoms with E-state index in [1.807, 2.05) is 0 Å². The number of anilines is 1. The second kappa shape index (κ2) is 9.82. The molecule has 0 amide bonds. The van der Waals surface area contributed by atoms with Crippen molar-refractivity contribution >= 4 is 5.69 Å². The molecule has 20 heavy (non-hydrogen) atoms. The van der Waals surface area contributed by atoms with Gasteiger partial charge in [0.2, 0.25) is 0 Å². The molecule has 0 aliphatic rings. The van der Waals surface area contributed by atoms with Gasteiger partial charge in [-0.3, -0.25) is 0 Å². The molecule has 0 radical (unpaired) electrons. The van der Waals surface area contributed by atoms with Gasteiger partial charge in [-0.05, 0) is 50.9 Å². The summed E-state index contributed by atoms with van der Waals surface area (Å²) in [7, 11) is 0. The molecule has 1 rings (SSSR count). The monoisotopic (exact) mass is 276 g/mol. The predicted molar refractivity (Wildman–Crippen MR) is 90.4 cm³/mol.